The summed E-state index contributed by atoms with van der Waals surface area (Å²) in [6.07, 6.45) is 3.58. The number of hydrogen-bond donors (Lipinski definition) is 1. The van der Waals surface area contributed by atoms with Gasteiger partial charge in [-0.2, -0.15) is 4.31 Å². The van der Waals surface area contributed by atoms with E-state index in [0.717, 1.165) is 25.7 Å². The molecule has 1 amide bonds. The normalized spacial score (nSPS) is 16.1. The molecule has 0 aromatic heterocycles. The highest BCUT2D eigenvalue weighted by Gasteiger charge is 2.28. The van der Waals surface area contributed by atoms with E-state index in [-0.39, 0.29) is 15.5 Å². The molecule has 0 bridgehead atoms. The Labute approximate surface area is 152 Å². The van der Waals surface area contributed by atoms with E-state index in [1.54, 1.807) is 0 Å². The van der Waals surface area contributed by atoms with Crippen molar-refractivity contribution in [1.82, 2.24) is 9.62 Å². The third kappa shape index (κ3) is 4.93. The Morgan fingerprint density at radius 3 is 2.44 bits per heavy atom. The number of hydrogen-bond acceptors (Lipinski definition) is 5. The monoisotopic (exact) mass is 388 g/mol. The Bertz CT molecular complexity index is 743. The fourth-order valence-electron chi connectivity index (χ4n) is 2.54. The lowest BCUT2D eigenvalue weighted by atomic mass is 10.2. The number of ether oxygens (including phenoxy) is 1. The van der Waals surface area contributed by atoms with Crippen molar-refractivity contribution in [3.05, 3.63) is 28.8 Å². The van der Waals surface area contributed by atoms with Gasteiger partial charge in [0, 0.05) is 20.1 Å². The van der Waals surface area contributed by atoms with Crippen LogP contribution in [0.4, 0.5) is 0 Å². The zero-order valence-corrected chi connectivity index (χ0v) is 15.5. The average molecular weight is 389 g/mol. The van der Waals surface area contributed by atoms with Crippen LogP contribution in [0.3, 0.4) is 0 Å². The Hall–Kier alpha value is -1.64. The number of sulfonamides is 1. The fourth-order valence-corrected chi connectivity index (χ4v) is 4.55. The van der Waals surface area contributed by atoms with Crippen LogP contribution in [0.15, 0.2) is 23.1 Å². The van der Waals surface area contributed by atoms with Crippen LogP contribution < -0.4 is 5.32 Å². The second-order valence-electron chi connectivity index (χ2n) is 5.71. The summed E-state index contributed by atoms with van der Waals surface area (Å²) in [5.74, 6) is -1.24. The Morgan fingerprint density at radius 2 is 1.84 bits per heavy atom. The van der Waals surface area contributed by atoms with E-state index in [2.05, 4.69) is 5.32 Å². The van der Waals surface area contributed by atoms with Gasteiger partial charge in [-0.3, -0.25) is 4.79 Å². The lowest BCUT2D eigenvalue weighted by Crippen LogP contribution is -2.32. The summed E-state index contributed by atoms with van der Waals surface area (Å²) >= 11 is 6.07. The highest BCUT2D eigenvalue weighted by molar-refractivity contribution is 7.89. The van der Waals surface area contributed by atoms with Gasteiger partial charge in [0.1, 0.15) is 4.90 Å². The first-order valence-electron chi connectivity index (χ1n) is 8.03. The predicted molar refractivity (Wildman–Crippen MR) is 93.0 cm³/mol. The highest BCUT2D eigenvalue weighted by atomic mass is 35.5. The molecule has 0 spiro atoms. The van der Waals surface area contributed by atoms with E-state index in [4.69, 9.17) is 16.3 Å². The lowest BCUT2D eigenvalue weighted by molar-refractivity contribution is -0.123. The van der Waals surface area contributed by atoms with Crippen molar-refractivity contribution in [1.29, 1.82) is 0 Å². The molecule has 1 heterocycles. The molecule has 7 nitrogen and oxygen atoms in total. The molecule has 0 atom stereocenters. The van der Waals surface area contributed by atoms with Gasteiger partial charge in [-0.05, 0) is 31.0 Å². The second-order valence-corrected chi connectivity index (χ2v) is 8.03. The van der Waals surface area contributed by atoms with E-state index >= 15 is 0 Å². The standard InChI is InChI=1S/C16H21ClN2O5S/c1-18-15(20)11-24-16(21)12-6-7-13(17)14(10-12)25(22,23)19-8-4-2-3-5-9-19/h6-7,10H,2-5,8-9,11H2,1H3,(H,18,20). The number of carbonyl (C=O) groups excluding carboxylic acids is 2. The second kappa shape index (κ2) is 8.64. The van der Waals surface area contributed by atoms with Crippen molar-refractivity contribution in [3.63, 3.8) is 0 Å². The number of rotatable bonds is 5. The van der Waals surface area contributed by atoms with Crippen molar-refractivity contribution >= 4 is 33.5 Å². The maximum Gasteiger partial charge on any atom is 0.338 e. The number of likely N-dealkylation sites (N-methyl/N-ethyl adjacent to an activating group) is 1. The third-order valence-corrected chi connectivity index (χ3v) is 6.34. The molecule has 1 aromatic rings. The van der Waals surface area contributed by atoms with Crippen LogP contribution in [-0.4, -0.2) is 51.3 Å². The smallest absolute Gasteiger partial charge is 0.338 e. The third-order valence-electron chi connectivity index (χ3n) is 3.96. The molecule has 138 valence electrons. The molecule has 1 aromatic carbocycles. The number of nitrogens with one attached hydrogen (secondary N) is 1. The summed E-state index contributed by atoms with van der Waals surface area (Å²) in [5.41, 5.74) is 0.0294. The van der Waals surface area contributed by atoms with Gasteiger partial charge in [0.15, 0.2) is 6.61 Å². The topological polar surface area (TPSA) is 92.8 Å². The zero-order valence-electron chi connectivity index (χ0n) is 14.0. The number of amides is 1. The Kier molecular flexibility index (Phi) is 6.80. The van der Waals surface area contributed by atoms with Gasteiger partial charge in [-0.1, -0.05) is 24.4 Å². The van der Waals surface area contributed by atoms with Crippen molar-refractivity contribution in [2.45, 2.75) is 30.6 Å². The SMILES string of the molecule is CNC(=O)COC(=O)c1ccc(Cl)c(S(=O)(=O)N2CCCCCC2)c1. The van der Waals surface area contributed by atoms with Crippen molar-refractivity contribution in [2.24, 2.45) is 0 Å². The molecule has 25 heavy (non-hydrogen) atoms. The molecular formula is C16H21ClN2O5S. The Balaban J connectivity index is 2.25. The molecule has 0 aliphatic carbocycles. The van der Waals surface area contributed by atoms with E-state index < -0.39 is 28.5 Å². The molecule has 0 radical (unpaired) electrons. The predicted octanol–water partition coefficient (Wildman–Crippen LogP) is 1.81. The van der Waals surface area contributed by atoms with Crippen LogP contribution in [0.1, 0.15) is 36.0 Å². The summed E-state index contributed by atoms with van der Waals surface area (Å²) < 4.78 is 32.0. The first-order valence-corrected chi connectivity index (χ1v) is 9.85. The molecule has 1 aliphatic rings. The van der Waals surface area contributed by atoms with Crippen LogP contribution in [0.5, 0.6) is 0 Å². The molecular weight excluding hydrogens is 368 g/mol. The minimum atomic E-state index is -3.79. The van der Waals surface area contributed by atoms with Gasteiger partial charge in [0.25, 0.3) is 5.91 Å². The van der Waals surface area contributed by atoms with Crippen LogP contribution in [-0.2, 0) is 19.6 Å². The number of nitrogens with zero attached hydrogens (tertiary/aromatic N) is 1. The van der Waals surface area contributed by atoms with Gasteiger partial charge in [0.05, 0.1) is 10.6 Å². The minimum absolute atomic E-state index is 0.0294. The summed E-state index contributed by atoms with van der Waals surface area (Å²) in [4.78, 5) is 23.1. The van der Waals surface area contributed by atoms with Crippen molar-refractivity contribution in [2.75, 3.05) is 26.7 Å². The molecule has 2 rings (SSSR count). The quantitative estimate of drug-likeness (QED) is 0.776. The number of halogens is 1. The summed E-state index contributed by atoms with van der Waals surface area (Å²) in [7, 11) is -2.37. The van der Waals surface area contributed by atoms with E-state index in [9.17, 15) is 18.0 Å². The number of benzene rings is 1. The van der Waals surface area contributed by atoms with Crippen molar-refractivity contribution in [3.8, 4) is 0 Å². The maximum atomic E-state index is 12.9. The van der Waals surface area contributed by atoms with Gasteiger partial charge in [0.2, 0.25) is 10.0 Å². The number of carbonyl (C=O) groups is 2. The van der Waals surface area contributed by atoms with E-state index in [1.165, 1.54) is 29.6 Å². The van der Waals surface area contributed by atoms with E-state index in [0.29, 0.717) is 13.1 Å². The maximum absolute atomic E-state index is 12.9. The molecule has 0 saturated carbocycles. The molecule has 1 N–H and O–H groups in total. The largest absolute Gasteiger partial charge is 0.452 e. The van der Waals surface area contributed by atoms with Crippen molar-refractivity contribution < 1.29 is 22.7 Å². The van der Waals surface area contributed by atoms with Gasteiger partial charge in [-0.25, -0.2) is 13.2 Å². The fraction of sp³-hybridized carbons (Fsp3) is 0.500. The average Bonchev–Trinajstić information content (AvgIpc) is 2.89. The summed E-state index contributed by atoms with van der Waals surface area (Å²) in [6, 6.07) is 3.92. The lowest BCUT2D eigenvalue weighted by Gasteiger charge is -2.21. The summed E-state index contributed by atoms with van der Waals surface area (Å²) in [6.45, 7) is 0.431. The van der Waals surface area contributed by atoms with Gasteiger partial charge in [-0.15, -0.1) is 0 Å². The summed E-state index contributed by atoms with van der Waals surface area (Å²) in [5, 5.41) is 2.37. The van der Waals surface area contributed by atoms with Crippen LogP contribution in [0, 0.1) is 0 Å². The first-order chi connectivity index (χ1) is 11.9. The van der Waals surface area contributed by atoms with Crippen LogP contribution in [0.2, 0.25) is 5.02 Å². The molecule has 1 aliphatic heterocycles. The van der Waals surface area contributed by atoms with Gasteiger partial charge >= 0.3 is 5.97 Å². The molecule has 1 saturated heterocycles. The number of esters is 1. The van der Waals surface area contributed by atoms with Crippen LogP contribution in [0.25, 0.3) is 0 Å². The molecule has 9 heteroatoms. The van der Waals surface area contributed by atoms with Gasteiger partial charge < -0.3 is 10.1 Å². The molecule has 1 fully saturated rings. The van der Waals surface area contributed by atoms with Crippen LogP contribution >= 0.6 is 11.6 Å². The highest BCUT2D eigenvalue weighted by Crippen LogP contribution is 2.27. The first kappa shape index (κ1) is 19.7. The molecule has 0 unspecified atom stereocenters. The van der Waals surface area contributed by atoms with E-state index in [1.807, 2.05) is 0 Å². The minimum Gasteiger partial charge on any atom is -0.452 e. The zero-order chi connectivity index (χ0) is 18.4. The Morgan fingerprint density at radius 1 is 1.20 bits per heavy atom.